The topological polar surface area (TPSA) is 88.8 Å². The molecule has 4 aromatic carbocycles. The van der Waals surface area contributed by atoms with E-state index in [4.69, 9.17) is 9.15 Å². The minimum Gasteiger partial charge on any atom is -0.457 e. The Morgan fingerprint density at radius 2 is 1.47 bits per heavy atom. The first-order chi connectivity index (χ1) is 17.3. The number of furan rings is 1. The number of fused-ring (bicyclic) bond motifs is 3. The van der Waals surface area contributed by atoms with Crippen LogP contribution in [0.1, 0.15) is 6.92 Å². The number of carbonyl (C=O) groups excluding carboxylic acids is 1. The molecule has 7 nitrogen and oxygen atoms in total. The maximum Gasteiger partial charge on any atom is 0.247 e. The van der Waals surface area contributed by atoms with Crippen molar-refractivity contribution in [3.05, 3.63) is 97.1 Å². The van der Waals surface area contributed by atoms with E-state index in [2.05, 4.69) is 5.32 Å². The number of para-hydroxylation sites is 2. The van der Waals surface area contributed by atoms with Crippen LogP contribution in [0.25, 0.3) is 21.9 Å². The lowest BCUT2D eigenvalue weighted by Gasteiger charge is -2.28. The van der Waals surface area contributed by atoms with Crippen LogP contribution in [0.15, 0.2) is 101 Å². The average Bonchev–Trinajstić information content (AvgIpc) is 3.23. The summed E-state index contributed by atoms with van der Waals surface area (Å²) in [7, 11) is -3.77. The van der Waals surface area contributed by atoms with Gasteiger partial charge in [-0.1, -0.05) is 36.4 Å². The summed E-state index contributed by atoms with van der Waals surface area (Å²) in [6.45, 7) is 1.55. The lowest BCUT2D eigenvalue weighted by molar-refractivity contribution is -0.116. The number of anilines is 2. The highest BCUT2D eigenvalue weighted by molar-refractivity contribution is 7.92. The fourth-order valence-corrected chi connectivity index (χ4v) is 5.32. The van der Waals surface area contributed by atoms with Crippen LogP contribution in [0.5, 0.6) is 11.5 Å². The van der Waals surface area contributed by atoms with Gasteiger partial charge in [0.15, 0.2) is 0 Å². The highest BCUT2D eigenvalue weighted by atomic mass is 32.2. The Morgan fingerprint density at radius 3 is 2.19 bits per heavy atom. The predicted octanol–water partition coefficient (Wildman–Crippen LogP) is 6.17. The summed E-state index contributed by atoms with van der Waals surface area (Å²) in [5, 5.41) is 4.74. The number of carbonyl (C=O) groups is 1. The SMILES string of the molecule is C[C@@H](C(=O)Nc1ccc2c(c1)oc1ccccc12)N(c1ccc(Oc2ccccc2)cc1)S(C)(=O)=O. The number of rotatable bonds is 7. The summed E-state index contributed by atoms with van der Waals surface area (Å²) < 4.78 is 38.1. The van der Waals surface area contributed by atoms with Gasteiger partial charge in [-0.05, 0) is 61.5 Å². The van der Waals surface area contributed by atoms with Crippen molar-refractivity contribution in [1.29, 1.82) is 0 Å². The highest BCUT2D eigenvalue weighted by Crippen LogP contribution is 2.31. The van der Waals surface area contributed by atoms with Gasteiger partial charge in [-0.25, -0.2) is 8.42 Å². The largest absolute Gasteiger partial charge is 0.457 e. The Kier molecular flexibility index (Phi) is 6.12. The van der Waals surface area contributed by atoms with E-state index in [0.717, 1.165) is 26.9 Å². The first-order valence-electron chi connectivity index (χ1n) is 11.3. The maximum atomic E-state index is 13.1. The van der Waals surface area contributed by atoms with Crippen LogP contribution in [0.3, 0.4) is 0 Å². The van der Waals surface area contributed by atoms with E-state index in [1.807, 2.05) is 60.7 Å². The molecule has 0 radical (unpaired) electrons. The Labute approximate surface area is 209 Å². The molecule has 1 amide bonds. The third-order valence-corrected chi connectivity index (χ3v) is 7.05. The zero-order valence-corrected chi connectivity index (χ0v) is 20.5. The number of ether oxygens (including phenoxy) is 1. The number of hydrogen-bond donors (Lipinski definition) is 1. The van der Waals surface area contributed by atoms with Crippen molar-refractivity contribution in [2.45, 2.75) is 13.0 Å². The second kappa shape index (κ2) is 9.39. The van der Waals surface area contributed by atoms with E-state index in [0.29, 0.717) is 28.5 Å². The van der Waals surface area contributed by atoms with Crippen LogP contribution < -0.4 is 14.4 Å². The van der Waals surface area contributed by atoms with E-state index in [1.165, 1.54) is 0 Å². The van der Waals surface area contributed by atoms with Gasteiger partial charge in [0.25, 0.3) is 0 Å². The minimum atomic E-state index is -3.77. The molecule has 0 saturated carbocycles. The second-order valence-corrected chi connectivity index (χ2v) is 10.3. The zero-order chi connectivity index (χ0) is 25.3. The Bertz CT molecular complexity index is 1640. The molecule has 1 aromatic heterocycles. The fraction of sp³-hybridized carbons (Fsp3) is 0.107. The van der Waals surface area contributed by atoms with Gasteiger partial charge in [-0.2, -0.15) is 0 Å². The van der Waals surface area contributed by atoms with Crippen molar-refractivity contribution in [1.82, 2.24) is 0 Å². The molecule has 0 bridgehead atoms. The molecule has 36 heavy (non-hydrogen) atoms. The Balaban J connectivity index is 1.36. The molecule has 5 aromatic rings. The van der Waals surface area contributed by atoms with Gasteiger partial charge >= 0.3 is 0 Å². The average molecular weight is 501 g/mol. The van der Waals surface area contributed by atoms with Crippen molar-refractivity contribution in [3.63, 3.8) is 0 Å². The molecular formula is C28H24N2O5S. The van der Waals surface area contributed by atoms with Gasteiger partial charge in [-0.3, -0.25) is 9.10 Å². The Morgan fingerprint density at radius 1 is 0.833 bits per heavy atom. The van der Waals surface area contributed by atoms with Crippen molar-refractivity contribution in [2.75, 3.05) is 15.9 Å². The summed E-state index contributed by atoms with van der Waals surface area (Å²) in [6.07, 6.45) is 1.08. The van der Waals surface area contributed by atoms with Gasteiger partial charge in [0.1, 0.15) is 28.7 Å². The van der Waals surface area contributed by atoms with E-state index >= 15 is 0 Å². The van der Waals surface area contributed by atoms with Gasteiger partial charge in [-0.15, -0.1) is 0 Å². The molecule has 0 aliphatic carbocycles. The number of amides is 1. The molecule has 5 rings (SSSR count). The first kappa shape index (κ1) is 23.4. The number of benzene rings is 4. The second-order valence-electron chi connectivity index (χ2n) is 8.44. The molecule has 0 fully saturated rings. The molecule has 0 unspecified atom stereocenters. The van der Waals surface area contributed by atoms with E-state index < -0.39 is 22.0 Å². The molecule has 0 aliphatic rings. The molecule has 1 heterocycles. The van der Waals surface area contributed by atoms with E-state index in [-0.39, 0.29) is 0 Å². The zero-order valence-electron chi connectivity index (χ0n) is 19.7. The van der Waals surface area contributed by atoms with Gasteiger partial charge in [0.05, 0.1) is 11.9 Å². The van der Waals surface area contributed by atoms with E-state index in [9.17, 15) is 13.2 Å². The van der Waals surface area contributed by atoms with Crippen molar-refractivity contribution >= 4 is 49.2 Å². The van der Waals surface area contributed by atoms with E-state index in [1.54, 1.807) is 43.3 Å². The van der Waals surface area contributed by atoms with Crippen LogP contribution >= 0.6 is 0 Å². The number of hydrogen-bond acceptors (Lipinski definition) is 5. The number of nitrogens with zero attached hydrogens (tertiary/aromatic N) is 1. The maximum absolute atomic E-state index is 13.1. The van der Waals surface area contributed by atoms with Crippen LogP contribution in [0.2, 0.25) is 0 Å². The number of sulfonamides is 1. The van der Waals surface area contributed by atoms with Crippen molar-refractivity contribution in [3.8, 4) is 11.5 Å². The van der Waals surface area contributed by atoms with Crippen molar-refractivity contribution < 1.29 is 22.4 Å². The minimum absolute atomic E-state index is 0.355. The molecule has 8 heteroatoms. The standard InChI is InChI=1S/C28H24N2O5S/c1-19(28(31)29-20-12-17-25-24-10-6-7-11-26(24)35-27(25)18-20)30(36(2,32)33)21-13-15-23(16-14-21)34-22-8-4-3-5-9-22/h3-19H,1-2H3,(H,29,31)/t19-/m0/s1. The summed E-state index contributed by atoms with van der Waals surface area (Å²) in [6, 6.07) is 27.9. The normalized spacial score (nSPS) is 12.4. The monoisotopic (exact) mass is 500 g/mol. The third kappa shape index (κ3) is 4.76. The number of nitrogens with one attached hydrogen (secondary N) is 1. The quantitative estimate of drug-likeness (QED) is 0.289. The third-order valence-electron chi connectivity index (χ3n) is 5.80. The van der Waals surface area contributed by atoms with Crippen LogP contribution in [-0.2, 0) is 14.8 Å². The summed E-state index contributed by atoms with van der Waals surface area (Å²) >= 11 is 0. The molecule has 1 atom stereocenters. The molecule has 0 saturated heterocycles. The summed E-state index contributed by atoms with van der Waals surface area (Å²) in [5.41, 5.74) is 2.26. The smallest absolute Gasteiger partial charge is 0.247 e. The van der Waals surface area contributed by atoms with Crippen LogP contribution in [0, 0.1) is 0 Å². The molecule has 0 aliphatic heterocycles. The van der Waals surface area contributed by atoms with Gasteiger partial charge in [0.2, 0.25) is 15.9 Å². The van der Waals surface area contributed by atoms with Crippen LogP contribution in [-0.4, -0.2) is 26.6 Å². The predicted molar refractivity (Wildman–Crippen MR) is 142 cm³/mol. The fourth-order valence-electron chi connectivity index (χ4n) is 4.14. The summed E-state index contributed by atoms with van der Waals surface area (Å²) in [5.74, 6) is 0.745. The molecule has 0 spiro atoms. The highest BCUT2D eigenvalue weighted by Gasteiger charge is 2.29. The first-order valence-corrected chi connectivity index (χ1v) is 13.2. The van der Waals surface area contributed by atoms with Crippen molar-refractivity contribution in [2.24, 2.45) is 0 Å². The lowest BCUT2D eigenvalue weighted by Crippen LogP contribution is -2.45. The Hall–Kier alpha value is -4.30. The van der Waals surface area contributed by atoms with Gasteiger partial charge < -0.3 is 14.5 Å². The van der Waals surface area contributed by atoms with Gasteiger partial charge in [0, 0.05) is 22.5 Å². The molecule has 182 valence electrons. The molecule has 1 N–H and O–H groups in total. The lowest BCUT2D eigenvalue weighted by atomic mass is 10.1. The molecular weight excluding hydrogens is 476 g/mol. The summed E-state index contributed by atoms with van der Waals surface area (Å²) in [4.78, 5) is 13.1. The van der Waals surface area contributed by atoms with Crippen LogP contribution in [0.4, 0.5) is 11.4 Å².